The van der Waals surface area contributed by atoms with E-state index in [0.29, 0.717) is 43.3 Å². The van der Waals surface area contributed by atoms with E-state index >= 15 is 0 Å². The summed E-state index contributed by atoms with van der Waals surface area (Å²) >= 11 is 0. The first-order chi connectivity index (χ1) is 18.4. The van der Waals surface area contributed by atoms with Gasteiger partial charge in [0.15, 0.2) is 0 Å². The van der Waals surface area contributed by atoms with Crippen LogP contribution in [0.1, 0.15) is 59.3 Å². The van der Waals surface area contributed by atoms with Gasteiger partial charge < -0.3 is 25.0 Å². The summed E-state index contributed by atoms with van der Waals surface area (Å²) in [6.45, 7) is 9.08. The minimum Gasteiger partial charge on any atom is -0.493 e. The zero-order chi connectivity index (χ0) is 26.4. The molecule has 1 aromatic heterocycles. The number of rotatable bonds is 5. The van der Waals surface area contributed by atoms with Crippen LogP contribution in [0.15, 0.2) is 53.5 Å². The highest BCUT2D eigenvalue weighted by molar-refractivity contribution is 6.15. The molecule has 6 rings (SSSR count). The van der Waals surface area contributed by atoms with Gasteiger partial charge in [0, 0.05) is 54.1 Å². The first-order valence-corrected chi connectivity index (χ1v) is 13.7. The summed E-state index contributed by atoms with van der Waals surface area (Å²) in [5.74, 6) is 1.32. The lowest BCUT2D eigenvalue weighted by Crippen LogP contribution is -2.45. The number of aliphatic hydroxyl groups is 1. The van der Waals surface area contributed by atoms with Gasteiger partial charge in [-0.3, -0.25) is 4.79 Å². The van der Waals surface area contributed by atoms with Gasteiger partial charge in [-0.15, -0.1) is 0 Å². The van der Waals surface area contributed by atoms with Gasteiger partial charge in [0.05, 0.1) is 30.3 Å². The summed E-state index contributed by atoms with van der Waals surface area (Å²) < 4.78 is 8.52. The molecule has 1 amide bonds. The van der Waals surface area contributed by atoms with Crippen molar-refractivity contribution in [1.29, 1.82) is 0 Å². The number of carbonyl (C=O) groups excluding carboxylic acids is 1. The Kier molecular flexibility index (Phi) is 6.58. The minimum atomic E-state index is -0.0274. The van der Waals surface area contributed by atoms with Crippen LogP contribution < -0.4 is 10.5 Å². The van der Waals surface area contributed by atoms with Gasteiger partial charge in [-0.1, -0.05) is 18.7 Å². The molecule has 3 aromatic rings. The highest BCUT2D eigenvalue weighted by Gasteiger charge is 2.27. The van der Waals surface area contributed by atoms with Crippen molar-refractivity contribution in [2.45, 2.75) is 58.2 Å². The largest absolute Gasteiger partial charge is 0.493 e. The van der Waals surface area contributed by atoms with Gasteiger partial charge in [0.25, 0.3) is 5.91 Å². The quantitative estimate of drug-likeness (QED) is 0.510. The molecule has 2 fully saturated rings. The van der Waals surface area contributed by atoms with Gasteiger partial charge in [-0.05, 0) is 73.9 Å². The number of aliphatic imine (C=N–C) groups is 1. The Morgan fingerprint density at radius 3 is 2.82 bits per heavy atom. The number of amides is 1. The molecule has 1 aliphatic carbocycles. The zero-order valence-corrected chi connectivity index (χ0v) is 22.1. The molecule has 1 saturated heterocycles. The Labute approximate surface area is 223 Å². The monoisotopic (exact) mass is 512 g/mol. The topological polar surface area (TPSA) is 93.1 Å². The number of carbonyl (C=O) groups is 1. The number of ether oxygens (including phenoxy) is 1. The third-order valence-electron chi connectivity index (χ3n) is 8.08. The van der Waals surface area contributed by atoms with Crippen molar-refractivity contribution in [2.24, 2.45) is 16.6 Å². The Hall–Kier alpha value is -3.42. The van der Waals surface area contributed by atoms with E-state index in [2.05, 4.69) is 29.3 Å². The van der Waals surface area contributed by atoms with E-state index in [1.165, 1.54) is 12.8 Å². The lowest BCUT2D eigenvalue weighted by molar-refractivity contribution is 0.0708. The van der Waals surface area contributed by atoms with Crippen molar-refractivity contribution in [3.05, 3.63) is 70.9 Å². The molecule has 2 aliphatic heterocycles. The fraction of sp³-hybridized carbons (Fsp3) is 0.419. The summed E-state index contributed by atoms with van der Waals surface area (Å²) in [5, 5.41) is 10.9. The first kappa shape index (κ1) is 24.9. The van der Waals surface area contributed by atoms with Crippen LogP contribution in [0.3, 0.4) is 0 Å². The molecule has 7 nitrogen and oxygen atoms in total. The van der Waals surface area contributed by atoms with Crippen molar-refractivity contribution in [3.63, 3.8) is 0 Å². The van der Waals surface area contributed by atoms with E-state index in [4.69, 9.17) is 15.5 Å². The average molecular weight is 513 g/mol. The zero-order valence-electron chi connectivity index (χ0n) is 22.1. The van der Waals surface area contributed by atoms with E-state index in [0.717, 1.165) is 64.1 Å². The molecule has 7 heteroatoms. The highest BCUT2D eigenvalue weighted by atomic mass is 16.5. The Morgan fingerprint density at radius 2 is 2.05 bits per heavy atom. The average Bonchev–Trinajstić information content (AvgIpc) is 3.67. The van der Waals surface area contributed by atoms with Crippen molar-refractivity contribution in [2.75, 3.05) is 19.7 Å². The Balaban J connectivity index is 1.48. The molecule has 1 atom stereocenters. The van der Waals surface area contributed by atoms with Crippen LogP contribution in [0.5, 0.6) is 5.75 Å². The summed E-state index contributed by atoms with van der Waals surface area (Å²) in [7, 11) is 0. The SMILES string of the molecule is C=C1CCOc2cc(C(=O)N3CCC[C@@H](N)C3)cc(c2C)N=C1c1cc2ccc(CO)cc2n1CC1CC1. The molecule has 0 unspecified atom stereocenters. The van der Waals surface area contributed by atoms with E-state index in [-0.39, 0.29) is 18.6 Å². The van der Waals surface area contributed by atoms with Crippen LogP contribution in [0.2, 0.25) is 0 Å². The third-order valence-corrected chi connectivity index (χ3v) is 8.08. The third kappa shape index (κ3) is 4.76. The second-order valence-corrected chi connectivity index (χ2v) is 11.1. The molecule has 2 bridgehead atoms. The summed E-state index contributed by atoms with van der Waals surface area (Å²) in [6, 6.07) is 12.1. The molecule has 2 aromatic carbocycles. The van der Waals surface area contributed by atoms with Gasteiger partial charge >= 0.3 is 0 Å². The first-order valence-electron chi connectivity index (χ1n) is 13.7. The molecule has 3 aliphatic rings. The Bertz CT molecular complexity index is 1450. The number of aromatic nitrogens is 1. The molecule has 198 valence electrons. The predicted octanol–water partition coefficient (Wildman–Crippen LogP) is 4.87. The second kappa shape index (κ2) is 10.0. The highest BCUT2D eigenvalue weighted by Crippen LogP contribution is 2.37. The van der Waals surface area contributed by atoms with Crippen molar-refractivity contribution >= 4 is 28.2 Å². The van der Waals surface area contributed by atoms with Crippen LogP contribution in [-0.2, 0) is 13.2 Å². The van der Waals surface area contributed by atoms with Crippen molar-refractivity contribution in [3.8, 4) is 5.75 Å². The fourth-order valence-electron chi connectivity index (χ4n) is 5.63. The van der Waals surface area contributed by atoms with Gasteiger partial charge in [0.1, 0.15) is 5.75 Å². The van der Waals surface area contributed by atoms with Gasteiger partial charge in [0.2, 0.25) is 0 Å². The standard InChI is InChI=1S/C31H36N4O3/c1-19-9-11-38-29-15-24(31(37)34-10-3-4-25(32)17-34)13-26(20(29)2)33-30(19)28-14-23-8-7-22(18-36)12-27(23)35(28)16-21-5-6-21/h7-8,12-15,21,25,36H,1,3-6,9-11,16-18,32H2,2H3/t25-/m1/s1. The van der Waals surface area contributed by atoms with Crippen LogP contribution in [0.4, 0.5) is 5.69 Å². The summed E-state index contributed by atoms with van der Waals surface area (Å²) in [6.07, 6.45) is 4.95. The summed E-state index contributed by atoms with van der Waals surface area (Å²) in [4.78, 5) is 20.5. The number of hydrogen-bond acceptors (Lipinski definition) is 5. The molecular formula is C31H36N4O3. The number of benzene rings is 2. The van der Waals surface area contributed by atoms with E-state index < -0.39 is 0 Å². The normalized spacial score (nSPS) is 20.0. The maximum Gasteiger partial charge on any atom is 0.254 e. The van der Waals surface area contributed by atoms with E-state index in [9.17, 15) is 9.90 Å². The number of nitrogens with zero attached hydrogens (tertiary/aromatic N) is 3. The van der Waals surface area contributed by atoms with Crippen molar-refractivity contribution < 1.29 is 14.6 Å². The van der Waals surface area contributed by atoms with Crippen LogP contribution in [-0.4, -0.2) is 51.9 Å². The van der Waals surface area contributed by atoms with Crippen LogP contribution in [0.25, 0.3) is 10.9 Å². The Morgan fingerprint density at radius 1 is 1.21 bits per heavy atom. The van der Waals surface area contributed by atoms with Gasteiger partial charge in [-0.2, -0.15) is 0 Å². The number of aliphatic hydroxyl groups excluding tert-OH is 1. The summed E-state index contributed by atoms with van der Waals surface area (Å²) in [5.41, 5.74) is 13.1. The molecule has 1 saturated carbocycles. The molecular weight excluding hydrogens is 476 g/mol. The number of piperidine rings is 1. The van der Waals surface area contributed by atoms with Crippen LogP contribution >= 0.6 is 0 Å². The number of likely N-dealkylation sites (tertiary alicyclic amines) is 1. The lowest BCUT2D eigenvalue weighted by Gasteiger charge is -2.31. The predicted molar refractivity (Wildman–Crippen MR) is 150 cm³/mol. The number of nitrogens with two attached hydrogens (primary N) is 1. The minimum absolute atomic E-state index is 0.00951. The van der Waals surface area contributed by atoms with E-state index in [1.807, 2.05) is 30.0 Å². The van der Waals surface area contributed by atoms with E-state index in [1.54, 1.807) is 0 Å². The fourth-order valence-corrected chi connectivity index (χ4v) is 5.63. The molecule has 0 spiro atoms. The maximum absolute atomic E-state index is 13.5. The molecule has 38 heavy (non-hydrogen) atoms. The van der Waals surface area contributed by atoms with Crippen LogP contribution in [0, 0.1) is 12.8 Å². The molecule has 3 N–H and O–H groups in total. The molecule has 3 heterocycles. The van der Waals surface area contributed by atoms with Crippen molar-refractivity contribution in [1.82, 2.24) is 9.47 Å². The number of fused-ring (bicyclic) bond motifs is 3. The van der Waals surface area contributed by atoms with Gasteiger partial charge in [-0.25, -0.2) is 4.99 Å². The second-order valence-electron chi connectivity index (χ2n) is 11.1. The smallest absolute Gasteiger partial charge is 0.254 e. The maximum atomic E-state index is 13.5. The lowest BCUT2D eigenvalue weighted by atomic mass is 10.0. The molecule has 0 radical (unpaired) electrons. The number of hydrogen-bond donors (Lipinski definition) is 2.